The second-order valence-electron chi connectivity index (χ2n) is 20.9. The Bertz CT molecular complexity index is 5180. The number of para-hydroxylation sites is 8. The number of hydrogen-bond acceptors (Lipinski definition) is 5. The Kier molecular flexibility index (Phi) is 10.1. The van der Waals surface area contributed by atoms with Crippen LogP contribution in [-0.2, 0) is 0 Å². The first kappa shape index (κ1) is 45.8. The third-order valence-corrected chi connectivity index (χ3v) is 16.3. The van der Waals surface area contributed by atoms with Gasteiger partial charge in [-0.15, -0.1) is 0 Å². The zero-order chi connectivity index (χ0) is 53.8. The second-order valence-corrected chi connectivity index (χ2v) is 20.9. The lowest BCUT2D eigenvalue weighted by molar-refractivity contribution is 0.670. The van der Waals surface area contributed by atoms with E-state index >= 15 is 0 Å². The highest BCUT2D eigenvalue weighted by molar-refractivity contribution is 6.17. The molecule has 0 saturated heterocycles. The molecular weight excluding hydrogens is 1000 g/mol. The Labute approximate surface area is 469 Å². The third-order valence-electron chi connectivity index (χ3n) is 16.3. The Hall–Kier alpha value is -11.2. The fourth-order valence-corrected chi connectivity index (χ4v) is 12.7. The first-order valence-electron chi connectivity index (χ1n) is 27.6. The minimum absolute atomic E-state index is 0.570. The van der Waals surface area contributed by atoms with Crippen LogP contribution in [0.5, 0.6) is 0 Å². The molecule has 8 nitrogen and oxygen atoms in total. The van der Waals surface area contributed by atoms with Crippen LogP contribution in [-0.4, -0.2) is 33.6 Å². The minimum Gasteiger partial charge on any atom is -0.455 e. The smallest absolute Gasteiger partial charge is 0.165 e. The summed E-state index contributed by atoms with van der Waals surface area (Å²) in [5, 5.41) is 8.87. The Balaban J connectivity index is 1.08. The van der Waals surface area contributed by atoms with Gasteiger partial charge in [0, 0.05) is 76.5 Å². The predicted molar refractivity (Wildman–Crippen MR) is 335 cm³/mol. The first-order chi connectivity index (χ1) is 40.7. The van der Waals surface area contributed by atoms with E-state index in [9.17, 15) is 0 Å². The van der Waals surface area contributed by atoms with Gasteiger partial charge in [-0.2, -0.15) is 0 Å². The molecular formula is C74H45N7O. The molecule has 11 aromatic carbocycles. The van der Waals surface area contributed by atoms with Gasteiger partial charge in [0.1, 0.15) is 17.0 Å². The van der Waals surface area contributed by atoms with Crippen LogP contribution in [0, 0.1) is 0 Å². The van der Waals surface area contributed by atoms with Crippen LogP contribution in [0.2, 0.25) is 0 Å². The second kappa shape index (κ2) is 18.2. The van der Waals surface area contributed by atoms with Crippen LogP contribution in [0.4, 0.5) is 0 Å². The van der Waals surface area contributed by atoms with E-state index < -0.39 is 0 Å². The lowest BCUT2D eigenvalue weighted by atomic mass is 9.91. The summed E-state index contributed by atoms with van der Waals surface area (Å²) in [6.45, 7) is 0. The number of pyridine rings is 1. The third kappa shape index (κ3) is 6.91. The number of benzene rings is 11. The van der Waals surface area contributed by atoms with E-state index in [-0.39, 0.29) is 0 Å². The largest absolute Gasteiger partial charge is 0.455 e. The van der Waals surface area contributed by atoms with Crippen LogP contribution in [0.25, 0.3) is 161 Å². The molecule has 82 heavy (non-hydrogen) atoms. The van der Waals surface area contributed by atoms with Gasteiger partial charge in [-0.05, 0) is 48.0 Å². The molecule has 382 valence electrons. The summed E-state index contributed by atoms with van der Waals surface area (Å²) >= 11 is 0. The van der Waals surface area contributed by atoms with E-state index in [1.807, 2.05) is 66.7 Å². The molecule has 8 heteroatoms. The van der Waals surface area contributed by atoms with Crippen LogP contribution in [0.1, 0.15) is 0 Å². The molecule has 6 heterocycles. The number of hydrogen-bond donors (Lipinski definition) is 0. The molecule has 0 unspecified atom stereocenters. The monoisotopic (exact) mass is 1050 g/mol. The predicted octanol–water partition coefficient (Wildman–Crippen LogP) is 18.8. The molecule has 17 aromatic rings. The maximum atomic E-state index is 7.17. The van der Waals surface area contributed by atoms with Crippen LogP contribution in [0.15, 0.2) is 277 Å². The molecule has 17 rings (SSSR count). The number of furan rings is 1. The van der Waals surface area contributed by atoms with Crippen molar-refractivity contribution in [3.05, 3.63) is 273 Å². The molecule has 6 aromatic heterocycles. The van der Waals surface area contributed by atoms with Crippen LogP contribution < -0.4 is 0 Å². The Morgan fingerprint density at radius 2 is 0.598 bits per heavy atom. The van der Waals surface area contributed by atoms with Crippen molar-refractivity contribution in [1.29, 1.82) is 0 Å². The van der Waals surface area contributed by atoms with Crippen molar-refractivity contribution in [2.45, 2.75) is 0 Å². The number of fused-ring (bicyclic) bond motifs is 12. The van der Waals surface area contributed by atoms with Crippen molar-refractivity contribution in [2.24, 2.45) is 0 Å². The van der Waals surface area contributed by atoms with E-state index in [0.29, 0.717) is 17.5 Å². The molecule has 0 amide bonds. The number of rotatable bonds is 8. The van der Waals surface area contributed by atoms with Crippen molar-refractivity contribution in [2.75, 3.05) is 0 Å². The summed E-state index contributed by atoms with van der Waals surface area (Å²) in [7, 11) is 0. The molecule has 0 atom stereocenters. The lowest BCUT2D eigenvalue weighted by Gasteiger charge is -2.26. The topological polar surface area (TPSA) is 79.5 Å². The van der Waals surface area contributed by atoms with Gasteiger partial charge in [0.25, 0.3) is 0 Å². The number of nitrogens with zero attached hydrogens (tertiary/aromatic N) is 7. The average Bonchev–Trinajstić information content (AvgIpc) is 4.46. The Morgan fingerprint density at radius 3 is 1.06 bits per heavy atom. The fraction of sp³-hybridized carbons (Fsp3) is 0. The van der Waals surface area contributed by atoms with E-state index in [1.54, 1.807) is 0 Å². The molecule has 0 aliphatic heterocycles. The normalized spacial score (nSPS) is 11.9. The van der Waals surface area contributed by atoms with Gasteiger partial charge in [-0.3, -0.25) is 9.13 Å². The zero-order valence-corrected chi connectivity index (χ0v) is 44.0. The van der Waals surface area contributed by atoms with Crippen molar-refractivity contribution >= 4 is 87.4 Å². The van der Waals surface area contributed by atoms with Gasteiger partial charge in [-0.25, -0.2) is 19.9 Å². The highest BCUT2D eigenvalue weighted by atomic mass is 16.3. The molecule has 0 radical (unpaired) electrons. The fourth-order valence-electron chi connectivity index (χ4n) is 12.7. The highest BCUT2D eigenvalue weighted by Crippen LogP contribution is 2.51. The molecule has 0 bridgehead atoms. The standard InChI is InChI=1S/C74H45N7O/c1-3-22-47(23-4-1)70-75-71(48-24-5-2-6-25-48)77-72(76-70)49-44-42-46(43-45-49)66-67(58-34-21-33-57-56-32-13-20-41-65(56)82-69(57)58)73(80-61-37-16-9-28-52(61)53-29-10-17-38-62(53)80)78-74(81-63-39-18-11-30-54(63)55-31-12-19-40-64(55)81)68(66)79-59-35-14-7-26-50(59)51-27-8-15-36-60(51)79/h1-45H. The summed E-state index contributed by atoms with van der Waals surface area (Å²) in [4.78, 5) is 21.8. The van der Waals surface area contributed by atoms with E-state index in [2.05, 4.69) is 220 Å². The summed E-state index contributed by atoms with van der Waals surface area (Å²) in [5.41, 5.74) is 15.1. The molecule has 0 spiro atoms. The summed E-state index contributed by atoms with van der Waals surface area (Å²) in [6, 6.07) is 96.4. The highest BCUT2D eigenvalue weighted by Gasteiger charge is 2.32. The van der Waals surface area contributed by atoms with Crippen molar-refractivity contribution in [3.63, 3.8) is 0 Å². The maximum Gasteiger partial charge on any atom is 0.165 e. The van der Waals surface area contributed by atoms with Crippen LogP contribution >= 0.6 is 0 Å². The summed E-state index contributed by atoms with van der Waals surface area (Å²) in [5.74, 6) is 3.29. The molecule has 0 fully saturated rings. The minimum atomic E-state index is 0.570. The number of aromatic nitrogens is 7. The van der Waals surface area contributed by atoms with E-state index in [0.717, 1.165) is 144 Å². The van der Waals surface area contributed by atoms with Gasteiger partial charge < -0.3 is 8.98 Å². The molecule has 0 saturated carbocycles. The molecule has 0 N–H and O–H groups in total. The Morgan fingerprint density at radius 1 is 0.244 bits per heavy atom. The van der Waals surface area contributed by atoms with Crippen molar-refractivity contribution < 1.29 is 4.42 Å². The maximum absolute atomic E-state index is 7.17. The van der Waals surface area contributed by atoms with E-state index in [4.69, 9.17) is 24.4 Å². The molecule has 0 aliphatic carbocycles. The lowest BCUT2D eigenvalue weighted by Crippen LogP contribution is -2.13. The van der Waals surface area contributed by atoms with Crippen LogP contribution in [0.3, 0.4) is 0 Å². The van der Waals surface area contributed by atoms with Gasteiger partial charge >= 0.3 is 0 Å². The van der Waals surface area contributed by atoms with Gasteiger partial charge in [0.15, 0.2) is 23.3 Å². The van der Waals surface area contributed by atoms with Gasteiger partial charge in [-0.1, -0.05) is 231 Å². The van der Waals surface area contributed by atoms with Crippen molar-refractivity contribution in [3.8, 4) is 73.7 Å². The zero-order valence-electron chi connectivity index (χ0n) is 44.0. The summed E-state index contributed by atoms with van der Waals surface area (Å²) in [6.07, 6.45) is 0. The average molecular weight is 1050 g/mol. The molecule has 0 aliphatic rings. The summed E-state index contributed by atoms with van der Waals surface area (Å²) < 4.78 is 14.4. The van der Waals surface area contributed by atoms with Gasteiger partial charge in [0.2, 0.25) is 0 Å². The SMILES string of the molecule is c1ccc(-c2nc(-c3ccccc3)nc(-c3ccc(-c4c(-c5cccc6c5oc5ccccc56)c(-n5c6ccccc6c6ccccc65)nc(-n5c6ccccc6c6ccccc65)c4-n4c5ccccc5c5ccccc54)cc3)n2)cc1. The first-order valence-corrected chi connectivity index (χ1v) is 27.6. The van der Waals surface area contributed by atoms with E-state index in [1.165, 1.54) is 0 Å². The quantitative estimate of drug-likeness (QED) is 0.151. The van der Waals surface area contributed by atoms with Crippen molar-refractivity contribution in [1.82, 2.24) is 33.6 Å². The van der Waals surface area contributed by atoms with Gasteiger partial charge in [0.05, 0.1) is 38.8 Å².